The Bertz CT molecular complexity index is 299. The van der Waals surface area contributed by atoms with Gasteiger partial charge in [-0.1, -0.05) is 23.2 Å². The third-order valence-corrected chi connectivity index (χ3v) is 3.03. The first-order valence-electron chi connectivity index (χ1n) is 3.92. The van der Waals surface area contributed by atoms with Crippen LogP contribution in [0.3, 0.4) is 0 Å². The summed E-state index contributed by atoms with van der Waals surface area (Å²) in [4.78, 5) is 3.91. The standard InChI is InChI=1S/C8H8Cl2FIN2/c9-7-3-6(12)5(8(10)14-7)4-13-2-1-11/h3,13H,1-2,4H2. The average Bonchev–Trinajstić information content (AvgIpc) is 2.09. The fourth-order valence-corrected chi connectivity index (χ4v) is 2.50. The summed E-state index contributed by atoms with van der Waals surface area (Å²) >= 11 is 13.7. The number of nitrogens with one attached hydrogen (secondary N) is 1. The van der Waals surface area contributed by atoms with Crippen LogP contribution in [0.2, 0.25) is 10.3 Å². The Kier molecular flexibility index (Phi) is 5.36. The van der Waals surface area contributed by atoms with Gasteiger partial charge in [0.2, 0.25) is 0 Å². The molecule has 78 valence electrons. The lowest BCUT2D eigenvalue weighted by molar-refractivity contribution is 0.466. The molecule has 0 bridgehead atoms. The van der Waals surface area contributed by atoms with Crippen LogP contribution >= 0.6 is 45.8 Å². The van der Waals surface area contributed by atoms with Gasteiger partial charge in [-0.25, -0.2) is 9.37 Å². The van der Waals surface area contributed by atoms with Crippen molar-refractivity contribution < 1.29 is 4.39 Å². The van der Waals surface area contributed by atoms with Crippen LogP contribution in [0.1, 0.15) is 5.56 Å². The van der Waals surface area contributed by atoms with Crippen molar-refractivity contribution in [2.24, 2.45) is 0 Å². The molecule has 14 heavy (non-hydrogen) atoms. The molecular weight excluding hydrogens is 341 g/mol. The fraction of sp³-hybridized carbons (Fsp3) is 0.375. The van der Waals surface area contributed by atoms with Crippen molar-refractivity contribution in [3.05, 3.63) is 25.5 Å². The smallest absolute Gasteiger partial charge is 0.136 e. The minimum Gasteiger partial charge on any atom is -0.310 e. The summed E-state index contributed by atoms with van der Waals surface area (Å²) in [5.41, 5.74) is 0.852. The molecule has 1 heterocycles. The predicted octanol–water partition coefficient (Wildman–Crippen LogP) is 3.05. The normalized spacial score (nSPS) is 10.6. The summed E-state index contributed by atoms with van der Waals surface area (Å²) in [6, 6.07) is 1.72. The number of pyridine rings is 1. The summed E-state index contributed by atoms with van der Waals surface area (Å²) < 4.78 is 12.8. The van der Waals surface area contributed by atoms with E-state index in [1.807, 2.05) is 0 Å². The summed E-state index contributed by atoms with van der Waals surface area (Å²) in [6.45, 7) is 0.426. The van der Waals surface area contributed by atoms with Gasteiger partial charge in [0.15, 0.2) is 0 Å². The van der Waals surface area contributed by atoms with Crippen molar-refractivity contribution in [1.82, 2.24) is 10.3 Å². The number of halogens is 4. The summed E-state index contributed by atoms with van der Waals surface area (Å²) in [5, 5.41) is 3.64. The highest BCUT2D eigenvalue weighted by atomic mass is 127. The molecule has 0 aliphatic carbocycles. The largest absolute Gasteiger partial charge is 0.310 e. The van der Waals surface area contributed by atoms with Gasteiger partial charge >= 0.3 is 0 Å². The molecule has 1 aromatic heterocycles. The van der Waals surface area contributed by atoms with Crippen molar-refractivity contribution in [3.63, 3.8) is 0 Å². The van der Waals surface area contributed by atoms with E-state index in [0.29, 0.717) is 23.4 Å². The molecule has 0 radical (unpaired) electrons. The van der Waals surface area contributed by atoms with Crippen LogP contribution in [0.5, 0.6) is 0 Å². The van der Waals surface area contributed by atoms with Gasteiger partial charge < -0.3 is 5.32 Å². The highest BCUT2D eigenvalue weighted by molar-refractivity contribution is 14.1. The first-order valence-corrected chi connectivity index (χ1v) is 5.75. The summed E-state index contributed by atoms with van der Waals surface area (Å²) in [6.07, 6.45) is 0. The highest BCUT2D eigenvalue weighted by Crippen LogP contribution is 2.22. The number of hydrogen-bond acceptors (Lipinski definition) is 2. The Balaban J connectivity index is 2.75. The Morgan fingerprint density at radius 2 is 2.21 bits per heavy atom. The quantitative estimate of drug-likeness (QED) is 0.514. The van der Waals surface area contributed by atoms with Gasteiger partial charge in [-0.3, -0.25) is 0 Å². The second-order valence-corrected chi connectivity index (χ2v) is 4.47. The monoisotopic (exact) mass is 348 g/mol. The number of alkyl halides is 1. The zero-order valence-electron chi connectivity index (χ0n) is 7.16. The van der Waals surface area contributed by atoms with Crippen LogP contribution in [-0.4, -0.2) is 18.2 Å². The van der Waals surface area contributed by atoms with E-state index in [2.05, 4.69) is 32.9 Å². The highest BCUT2D eigenvalue weighted by Gasteiger charge is 2.07. The third kappa shape index (κ3) is 3.49. The predicted molar refractivity (Wildman–Crippen MR) is 64.7 cm³/mol. The number of aromatic nitrogens is 1. The average molecular weight is 349 g/mol. The van der Waals surface area contributed by atoms with Crippen molar-refractivity contribution in [1.29, 1.82) is 0 Å². The molecule has 0 fully saturated rings. The molecule has 0 saturated carbocycles. The number of nitrogens with zero attached hydrogens (tertiary/aromatic N) is 1. The zero-order valence-corrected chi connectivity index (χ0v) is 10.8. The van der Waals surface area contributed by atoms with Crippen LogP contribution < -0.4 is 5.32 Å². The SMILES string of the molecule is FCCNCc1c(I)cc(Cl)nc1Cl. The third-order valence-electron chi connectivity index (χ3n) is 1.56. The topological polar surface area (TPSA) is 24.9 Å². The molecule has 0 aliphatic heterocycles. The number of hydrogen-bond donors (Lipinski definition) is 1. The van der Waals surface area contributed by atoms with E-state index in [1.54, 1.807) is 6.07 Å². The van der Waals surface area contributed by atoms with Crippen LogP contribution in [-0.2, 0) is 6.54 Å². The maximum absolute atomic E-state index is 11.8. The van der Waals surface area contributed by atoms with Gasteiger partial charge in [0.1, 0.15) is 17.0 Å². The van der Waals surface area contributed by atoms with E-state index in [4.69, 9.17) is 23.2 Å². The second-order valence-electron chi connectivity index (χ2n) is 2.56. The number of rotatable bonds is 4. The van der Waals surface area contributed by atoms with Gasteiger partial charge in [-0.15, -0.1) is 0 Å². The van der Waals surface area contributed by atoms with Crippen molar-refractivity contribution in [2.45, 2.75) is 6.54 Å². The maximum atomic E-state index is 11.8. The van der Waals surface area contributed by atoms with Gasteiger partial charge in [-0.05, 0) is 28.7 Å². The van der Waals surface area contributed by atoms with E-state index in [0.717, 1.165) is 9.13 Å². The first kappa shape index (κ1) is 12.4. The molecule has 2 nitrogen and oxygen atoms in total. The van der Waals surface area contributed by atoms with Gasteiger partial charge in [0.05, 0.1) is 0 Å². The molecule has 0 spiro atoms. The van der Waals surface area contributed by atoms with Gasteiger partial charge in [0.25, 0.3) is 0 Å². The second kappa shape index (κ2) is 6.05. The van der Waals surface area contributed by atoms with E-state index in [-0.39, 0.29) is 0 Å². The van der Waals surface area contributed by atoms with Crippen molar-refractivity contribution >= 4 is 45.8 Å². The lowest BCUT2D eigenvalue weighted by atomic mass is 10.3. The zero-order chi connectivity index (χ0) is 10.6. The van der Waals surface area contributed by atoms with E-state index >= 15 is 0 Å². The Morgan fingerprint density at radius 3 is 2.79 bits per heavy atom. The van der Waals surface area contributed by atoms with Gasteiger partial charge in [0, 0.05) is 22.2 Å². The molecule has 0 atom stereocenters. The van der Waals surface area contributed by atoms with Crippen LogP contribution in [0.4, 0.5) is 4.39 Å². The molecule has 6 heteroatoms. The van der Waals surface area contributed by atoms with E-state index in [9.17, 15) is 4.39 Å². The Morgan fingerprint density at radius 1 is 1.50 bits per heavy atom. The molecule has 0 saturated heterocycles. The summed E-state index contributed by atoms with van der Waals surface area (Å²) in [5.74, 6) is 0. The molecule has 0 aromatic carbocycles. The minimum atomic E-state index is -0.394. The summed E-state index contributed by atoms with van der Waals surface area (Å²) in [7, 11) is 0. The van der Waals surface area contributed by atoms with Crippen molar-refractivity contribution in [2.75, 3.05) is 13.2 Å². The van der Waals surface area contributed by atoms with E-state index in [1.165, 1.54) is 0 Å². The fourth-order valence-electron chi connectivity index (χ4n) is 0.921. The molecule has 0 unspecified atom stereocenters. The van der Waals surface area contributed by atoms with Crippen LogP contribution in [0.15, 0.2) is 6.07 Å². The Hall–Kier alpha value is 0.350. The van der Waals surface area contributed by atoms with Gasteiger partial charge in [-0.2, -0.15) is 0 Å². The minimum absolute atomic E-state index is 0.315. The lowest BCUT2D eigenvalue weighted by Gasteiger charge is -2.07. The Labute approximate surface area is 105 Å². The molecule has 1 N–H and O–H groups in total. The molecular formula is C8H8Cl2FIN2. The van der Waals surface area contributed by atoms with Crippen LogP contribution in [0, 0.1) is 3.57 Å². The molecule has 1 aromatic rings. The maximum Gasteiger partial charge on any atom is 0.136 e. The molecule has 0 aliphatic rings. The molecule has 1 rings (SSSR count). The molecule has 0 amide bonds. The van der Waals surface area contributed by atoms with Crippen molar-refractivity contribution in [3.8, 4) is 0 Å². The lowest BCUT2D eigenvalue weighted by Crippen LogP contribution is -2.17. The first-order chi connectivity index (χ1) is 6.65. The van der Waals surface area contributed by atoms with Crippen LogP contribution in [0.25, 0.3) is 0 Å². The van der Waals surface area contributed by atoms with E-state index < -0.39 is 6.67 Å².